The van der Waals surface area contributed by atoms with Gasteiger partial charge in [-0.25, -0.2) is 19.9 Å². The number of hydrogen-bond donors (Lipinski definition) is 2. The van der Waals surface area contributed by atoms with Crippen molar-refractivity contribution >= 4 is 33.3 Å². The van der Waals surface area contributed by atoms with E-state index in [0.29, 0.717) is 25.1 Å². The Morgan fingerprint density at radius 1 is 1.17 bits per heavy atom. The van der Waals surface area contributed by atoms with Gasteiger partial charge >= 0.3 is 0 Å². The van der Waals surface area contributed by atoms with E-state index >= 15 is 0 Å². The number of nitrogen functional groups attached to an aromatic ring is 1. The molecule has 0 amide bonds. The first kappa shape index (κ1) is 18.6. The summed E-state index contributed by atoms with van der Waals surface area (Å²) < 4.78 is 6.66. The van der Waals surface area contributed by atoms with Crippen LogP contribution in [0, 0.1) is 0 Å². The molecule has 0 saturated carbocycles. The third kappa shape index (κ3) is 3.76. The normalized spacial score (nSPS) is 21.0. The summed E-state index contributed by atoms with van der Waals surface area (Å²) >= 11 is 1.78. The van der Waals surface area contributed by atoms with Crippen molar-refractivity contribution in [2.45, 2.75) is 6.04 Å². The summed E-state index contributed by atoms with van der Waals surface area (Å²) in [5.74, 6) is 1.83. The highest BCUT2D eigenvalue weighted by Crippen LogP contribution is 2.37. The van der Waals surface area contributed by atoms with Gasteiger partial charge in [0.05, 0.1) is 35.0 Å². The van der Waals surface area contributed by atoms with E-state index in [4.69, 9.17) is 20.4 Å². The van der Waals surface area contributed by atoms with Crippen molar-refractivity contribution in [3.8, 4) is 11.4 Å². The number of anilines is 2. The first-order chi connectivity index (χ1) is 14.2. The van der Waals surface area contributed by atoms with Crippen molar-refractivity contribution in [3.05, 3.63) is 23.3 Å². The number of thiophene rings is 1. The summed E-state index contributed by atoms with van der Waals surface area (Å²) in [6.45, 7) is 6.11. The van der Waals surface area contributed by atoms with Crippen LogP contribution in [-0.4, -0.2) is 77.8 Å². The van der Waals surface area contributed by atoms with E-state index in [9.17, 15) is 0 Å². The molecule has 5 heterocycles. The lowest BCUT2D eigenvalue weighted by molar-refractivity contribution is 0.122. The minimum atomic E-state index is 0.244. The van der Waals surface area contributed by atoms with Crippen molar-refractivity contribution in [1.29, 1.82) is 0 Å². The minimum absolute atomic E-state index is 0.244. The van der Waals surface area contributed by atoms with Crippen LogP contribution in [0.15, 0.2) is 18.5 Å². The molecule has 5 rings (SSSR count). The monoisotopic (exact) mass is 412 g/mol. The molecule has 2 aliphatic rings. The first-order valence-electron chi connectivity index (χ1n) is 9.81. The van der Waals surface area contributed by atoms with Crippen LogP contribution >= 0.6 is 11.3 Å². The maximum Gasteiger partial charge on any atom is 0.219 e. The van der Waals surface area contributed by atoms with Gasteiger partial charge in [-0.15, -0.1) is 11.3 Å². The van der Waals surface area contributed by atoms with E-state index < -0.39 is 0 Å². The lowest BCUT2D eigenvalue weighted by Gasteiger charge is -2.30. The molecule has 2 saturated heterocycles. The Bertz CT molecular complexity index is 1000. The molecule has 3 aromatic rings. The summed E-state index contributed by atoms with van der Waals surface area (Å²) in [5, 5.41) is 3.63. The van der Waals surface area contributed by atoms with Gasteiger partial charge in [-0.3, -0.25) is 0 Å². The SMILES string of the molecule is CN1CCNC(c2cc3nc(-c4cnc(N)nc4)nc(N4CCOCC4)c3s2)C1. The third-order valence-electron chi connectivity index (χ3n) is 5.34. The molecule has 0 bridgehead atoms. The van der Waals surface area contributed by atoms with Gasteiger partial charge in [-0.05, 0) is 13.1 Å². The number of fused-ring (bicyclic) bond motifs is 1. The van der Waals surface area contributed by atoms with Crippen molar-refractivity contribution < 1.29 is 4.74 Å². The summed E-state index contributed by atoms with van der Waals surface area (Å²) in [6, 6.07) is 2.51. The van der Waals surface area contributed by atoms with Crippen LogP contribution in [0.5, 0.6) is 0 Å². The van der Waals surface area contributed by atoms with Gasteiger partial charge < -0.3 is 25.6 Å². The topological polar surface area (TPSA) is 105 Å². The van der Waals surface area contributed by atoms with Crippen molar-refractivity contribution in [2.24, 2.45) is 0 Å². The first-order valence-corrected chi connectivity index (χ1v) is 10.6. The number of piperazine rings is 1. The predicted octanol–water partition coefficient (Wildman–Crippen LogP) is 1.14. The Hall–Kier alpha value is -2.40. The Labute approximate surface area is 172 Å². The van der Waals surface area contributed by atoms with Gasteiger partial charge in [-0.1, -0.05) is 0 Å². The molecule has 0 aromatic carbocycles. The minimum Gasteiger partial charge on any atom is -0.378 e. The van der Waals surface area contributed by atoms with Gasteiger partial charge in [0.1, 0.15) is 0 Å². The molecule has 152 valence electrons. The van der Waals surface area contributed by atoms with Crippen LogP contribution in [0.4, 0.5) is 11.8 Å². The number of nitrogens with zero attached hydrogens (tertiary/aromatic N) is 6. The molecule has 3 aromatic heterocycles. The van der Waals surface area contributed by atoms with Crippen molar-refractivity contribution in [2.75, 3.05) is 63.6 Å². The zero-order valence-electron chi connectivity index (χ0n) is 16.3. The molecule has 1 unspecified atom stereocenters. The second-order valence-corrected chi connectivity index (χ2v) is 8.52. The van der Waals surface area contributed by atoms with Crippen LogP contribution in [0.2, 0.25) is 0 Å². The Morgan fingerprint density at radius 2 is 1.97 bits per heavy atom. The van der Waals surface area contributed by atoms with Gasteiger partial charge in [0.25, 0.3) is 0 Å². The Morgan fingerprint density at radius 3 is 2.72 bits per heavy atom. The predicted molar refractivity (Wildman–Crippen MR) is 114 cm³/mol. The van der Waals surface area contributed by atoms with E-state index in [2.05, 4.69) is 38.2 Å². The van der Waals surface area contributed by atoms with E-state index in [0.717, 1.165) is 54.3 Å². The number of nitrogens with one attached hydrogen (secondary N) is 1. The summed E-state index contributed by atoms with van der Waals surface area (Å²) in [4.78, 5) is 23.9. The maximum absolute atomic E-state index is 5.64. The van der Waals surface area contributed by atoms with Crippen LogP contribution < -0.4 is 16.0 Å². The fourth-order valence-corrected chi connectivity index (χ4v) is 4.95. The van der Waals surface area contributed by atoms with Crippen LogP contribution in [0.1, 0.15) is 10.9 Å². The maximum atomic E-state index is 5.64. The lowest BCUT2D eigenvalue weighted by atomic mass is 10.2. The van der Waals surface area contributed by atoms with E-state index in [1.165, 1.54) is 4.88 Å². The average molecular weight is 413 g/mol. The van der Waals surface area contributed by atoms with Crippen LogP contribution in [0.25, 0.3) is 21.6 Å². The molecule has 2 aliphatic heterocycles. The molecular formula is C19H24N8OS. The fourth-order valence-electron chi connectivity index (χ4n) is 3.76. The van der Waals surface area contributed by atoms with E-state index in [1.54, 1.807) is 23.7 Å². The second-order valence-electron chi connectivity index (χ2n) is 7.43. The number of hydrogen-bond acceptors (Lipinski definition) is 10. The Kier molecular flexibility index (Phi) is 5.00. The molecule has 3 N–H and O–H groups in total. The molecule has 0 radical (unpaired) electrons. The standard InChI is InChI=1S/C19H24N8OS/c1-26-3-2-21-14(11-26)15-8-13-16(29-15)18(27-4-6-28-7-5-27)25-17(24-13)12-9-22-19(20)23-10-12/h8-10,14,21H,2-7,11H2,1H3,(H2,20,22,23). The van der Waals surface area contributed by atoms with Crippen LogP contribution in [0.3, 0.4) is 0 Å². The number of morpholine rings is 1. The van der Waals surface area contributed by atoms with Gasteiger partial charge in [0.2, 0.25) is 5.95 Å². The van der Waals surface area contributed by atoms with E-state index in [-0.39, 0.29) is 5.95 Å². The number of aromatic nitrogens is 4. The second kappa shape index (κ2) is 7.79. The highest BCUT2D eigenvalue weighted by molar-refractivity contribution is 7.19. The third-order valence-corrected chi connectivity index (χ3v) is 6.57. The van der Waals surface area contributed by atoms with E-state index in [1.807, 2.05) is 0 Å². The molecule has 0 aliphatic carbocycles. The fraction of sp³-hybridized carbons (Fsp3) is 0.474. The van der Waals surface area contributed by atoms with Crippen LogP contribution in [-0.2, 0) is 4.74 Å². The molecule has 2 fully saturated rings. The summed E-state index contributed by atoms with van der Waals surface area (Å²) in [7, 11) is 2.17. The highest BCUT2D eigenvalue weighted by Gasteiger charge is 2.24. The number of nitrogens with two attached hydrogens (primary N) is 1. The smallest absolute Gasteiger partial charge is 0.219 e. The summed E-state index contributed by atoms with van der Waals surface area (Å²) in [6.07, 6.45) is 3.36. The number of likely N-dealkylation sites (N-methyl/N-ethyl adjacent to an activating group) is 1. The Balaban J connectivity index is 1.60. The molecule has 9 nitrogen and oxygen atoms in total. The van der Waals surface area contributed by atoms with Crippen molar-refractivity contribution in [3.63, 3.8) is 0 Å². The molecule has 10 heteroatoms. The average Bonchev–Trinajstić information content (AvgIpc) is 3.18. The van der Waals surface area contributed by atoms with Gasteiger partial charge in [0, 0.05) is 50.0 Å². The van der Waals surface area contributed by atoms with Crippen molar-refractivity contribution in [1.82, 2.24) is 30.2 Å². The molecule has 1 atom stereocenters. The lowest BCUT2D eigenvalue weighted by Crippen LogP contribution is -2.43. The molecule has 0 spiro atoms. The highest BCUT2D eigenvalue weighted by atomic mass is 32.1. The number of rotatable bonds is 3. The quantitative estimate of drug-likeness (QED) is 0.655. The largest absolute Gasteiger partial charge is 0.378 e. The van der Waals surface area contributed by atoms with Gasteiger partial charge in [-0.2, -0.15) is 0 Å². The molecular weight excluding hydrogens is 388 g/mol. The zero-order chi connectivity index (χ0) is 19.8. The summed E-state index contributed by atoms with van der Waals surface area (Å²) in [5.41, 5.74) is 7.37. The number of ether oxygens (including phenoxy) is 1. The molecule has 29 heavy (non-hydrogen) atoms. The van der Waals surface area contributed by atoms with Gasteiger partial charge in [0.15, 0.2) is 11.6 Å². The zero-order valence-corrected chi connectivity index (χ0v) is 17.2.